The third-order valence-corrected chi connectivity index (χ3v) is 7.80. The van der Waals surface area contributed by atoms with Crippen molar-refractivity contribution in [3.63, 3.8) is 0 Å². The van der Waals surface area contributed by atoms with Crippen LogP contribution in [0, 0.1) is 0 Å². The maximum atomic E-state index is 12.3. The molecule has 0 amide bonds. The van der Waals surface area contributed by atoms with Crippen LogP contribution in [0.2, 0.25) is 0 Å². The summed E-state index contributed by atoms with van der Waals surface area (Å²) in [5.74, 6) is -1.19. The Morgan fingerprint density at radius 2 is 1.15 bits per heavy atom. The van der Waals surface area contributed by atoms with E-state index in [1.165, 1.54) is 70.3 Å². The fourth-order valence-corrected chi connectivity index (χ4v) is 4.99. The Morgan fingerprint density at radius 3 is 1.73 bits per heavy atom. The number of esters is 2. The van der Waals surface area contributed by atoms with Crippen LogP contribution >= 0.6 is 7.82 Å². The predicted octanol–water partition coefficient (Wildman–Crippen LogP) is 10.7. The highest BCUT2D eigenvalue weighted by Crippen LogP contribution is 2.35. The summed E-state index contributed by atoms with van der Waals surface area (Å²) < 4.78 is 26.1. The first-order valence-corrected chi connectivity index (χ1v) is 19.8. The highest BCUT2D eigenvalue weighted by molar-refractivity contribution is 7.46. The quantitative estimate of drug-likeness (QED) is 0.0178. The van der Waals surface area contributed by atoms with Gasteiger partial charge in [-0.15, -0.1) is 0 Å². The molecule has 0 aromatic heterocycles. The lowest BCUT2D eigenvalue weighted by atomic mass is 10.1. The molecule has 0 fully saturated rings. The average molecular weight is 693 g/mol. The van der Waals surface area contributed by atoms with E-state index in [0.29, 0.717) is 6.42 Å². The van der Waals surface area contributed by atoms with Crippen molar-refractivity contribution in [1.29, 1.82) is 0 Å². The average Bonchev–Trinajstić information content (AvgIpc) is 3.05. The van der Waals surface area contributed by atoms with Crippen LogP contribution in [0.3, 0.4) is 0 Å². The Bertz CT molecular complexity index is 1010. The molecule has 0 unspecified atom stereocenters. The van der Waals surface area contributed by atoms with Gasteiger partial charge in [-0.25, -0.2) is 9.36 Å². The Hall–Kier alpha value is -2.51. The number of phosphoric acid groups is 1. The predicted molar refractivity (Wildman–Crippen MR) is 197 cm³/mol. The van der Waals surface area contributed by atoms with Crippen molar-refractivity contribution < 1.29 is 37.9 Å². The smallest absolute Gasteiger partial charge is 0.458 e. The van der Waals surface area contributed by atoms with Crippen LogP contribution in [0.25, 0.3) is 0 Å². The van der Waals surface area contributed by atoms with Gasteiger partial charge in [0.05, 0.1) is 6.61 Å². The number of rotatable bonds is 32. The maximum absolute atomic E-state index is 12.3. The van der Waals surface area contributed by atoms with E-state index in [4.69, 9.17) is 19.3 Å². The number of carbonyl (C=O) groups is 2. The number of allylic oxidation sites excluding steroid dienone is 11. The second-order valence-corrected chi connectivity index (χ2v) is 13.1. The monoisotopic (exact) mass is 692 g/mol. The molecule has 0 aliphatic heterocycles. The lowest BCUT2D eigenvalue weighted by Gasteiger charge is -2.18. The largest absolute Gasteiger partial charge is 0.469 e. The van der Waals surface area contributed by atoms with E-state index >= 15 is 0 Å². The Labute approximate surface area is 291 Å². The summed E-state index contributed by atoms with van der Waals surface area (Å²) in [5, 5.41) is 0. The van der Waals surface area contributed by atoms with Gasteiger partial charge in [0.25, 0.3) is 0 Å². The molecule has 2 N–H and O–H groups in total. The van der Waals surface area contributed by atoms with Crippen LogP contribution < -0.4 is 0 Å². The molecule has 0 heterocycles. The normalized spacial score (nSPS) is 13.3. The first-order chi connectivity index (χ1) is 23.3. The second-order valence-electron chi connectivity index (χ2n) is 11.9. The summed E-state index contributed by atoms with van der Waals surface area (Å²) in [6, 6.07) is 0. The van der Waals surface area contributed by atoms with Crippen molar-refractivity contribution in [2.45, 2.75) is 148 Å². The van der Waals surface area contributed by atoms with E-state index in [9.17, 15) is 14.2 Å². The van der Waals surface area contributed by atoms with Gasteiger partial charge in [-0.1, -0.05) is 145 Å². The number of hydrogen-bond acceptors (Lipinski definition) is 6. The molecule has 0 spiro atoms. The Balaban J connectivity index is 4.18. The van der Waals surface area contributed by atoms with Gasteiger partial charge in [-0.3, -0.25) is 9.32 Å². The Kier molecular flexibility index (Phi) is 32.6. The van der Waals surface area contributed by atoms with Crippen LogP contribution in [0.1, 0.15) is 142 Å². The number of carbonyl (C=O) groups excluding carboxylic acids is 2. The van der Waals surface area contributed by atoms with Crippen molar-refractivity contribution in [2.75, 3.05) is 13.2 Å². The van der Waals surface area contributed by atoms with Gasteiger partial charge in [0.2, 0.25) is 0 Å². The molecule has 0 aliphatic rings. The highest BCUT2D eigenvalue weighted by Gasteiger charge is 2.22. The van der Waals surface area contributed by atoms with Crippen molar-refractivity contribution in [2.24, 2.45) is 0 Å². The number of ether oxygens (including phenoxy) is 2. The fraction of sp³-hybridized carbons (Fsp3) is 0.641. The van der Waals surface area contributed by atoms with Crippen molar-refractivity contribution >= 4 is 19.8 Å². The van der Waals surface area contributed by atoms with Crippen LogP contribution in [0.15, 0.2) is 72.9 Å². The zero-order valence-electron chi connectivity index (χ0n) is 29.9. The van der Waals surface area contributed by atoms with Crippen LogP contribution in [-0.4, -0.2) is 41.0 Å². The highest BCUT2D eigenvalue weighted by atomic mass is 31.2. The molecular formula is C39H65O8P. The summed E-state index contributed by atoms with van der Waals surface area (Å²) in [4.78, 5) is 42.5. The minimum atomic E-state index is -4.78. The molecule has 48 heavy (non-hydrogen) atoms. The first-order valence-electron chi connectivity index (χ1n) is 18.3. The maximum Gasteiger partial charge on any atom is 0.469 e. The molecule has 0 aromatic carbocycles. The zero-order valence-corrected chi connectivity index (χ0v) is 30.7. The number of unbranched alkanes of at least 4 members (excludes halogenated alkanes) is 13. The first kappa shape index (κ1) is 45.5. The minimum absolute atomic E-state index is 0.137. The van der Waals surface area contributed by atoms with E-state index in [0.717, 1.165) is 51.4 Å². The molecule has 0 aliphatic carbocycles. The molecule has 274 valence electrons. The van der Waals surface area contributed by atoms with E-state index in [1.807, 2.05) is 6.08 Å². The molecular weight excluding hydrogens is 627 g/mol. The van der Waals surface area contributed by atoms with Crippen molar-refractivity contribution in [3.8, 4) is 0 Å². The summed E-state index contributed by atoms with van der Waals surface area (Å²) in [6.45, 7) is 3.40. The third kappa shape index (κ3) is 36.3. The molecule has 0 radical (unpaired) electrons. The third-order valence-electron chi connectivity index (χ3n) is 7.31. The SMILES string of the molecule is CC/C=C/C/C=C/C/C=C/C/C=C/CCCCC(=O)O[C@H](COC(=O)/C=C/C=C/CCCCCCCCCCCCC)COP(=O)(O)O. The van der Waals surface area contributed by atoms with Crippen LogP contribution in [0.5, 0.6) is 0 Å². The molecule has 0 saturated heterocycles. The van der Waals surface area contributed by atoms with Crippen LogP contribution in [0.4, 0.5) is 0 Å². The summed E-state index contributed by atoms with van der Waals surface area (Å²) >= 11 is 0. The van der Waals surface area contributed by atoms with Gasteiger partial charge in [-0.2, -0.15) is 0 Å². The van der Waals surface area contributed by atoms with Gasteiger partial charge in [0, 0.05) is 12.5 Å². The van der Waals surface area contributed by atoms with Gasteiger partial charge >= 0.3 is 19.8 Å². The molecule has 9 heteroatoms. The van der Waals surface area contributed by atoms with E-state index in [-0.39, 0.29) is 13.0 Å². The standard InChI is InChI=1S/C39H65O8P/c1-3-5-7-9-11-13-15-17-19-21-23-25-27-29-31-33-38(40)45-35-37(36-46-48(42,43)44)47-39(41)34-32-30-28-26-24-22-20-18-16-14-12-10-8-6-4-2/h6,8,12,14,18,20,24,26-27,29,31,33,37H,3-5,7,9-11,13,15-17,19,21-23,25,28,30,32,34-36H2,1-2H3,(H2,42,43,44)/b8-6+,14-12+,20-18+,26-24+,29-27+,33-31+/t37-/m1/s1. The molecule has 0 saturated carbocycles. The summed E-state index contributed by atoms with van der Waals surface area (Å²) in [6.07, 6.45) is 44.0. The van der Waals surface area contributed by atoms with Gasteiger partial charge in [-0.05, 0) is 57.8 Å². The fourth-order valence-electron chi connectivity index (χ4n) is 4.63. The summed E-state index contributed by atoms with van der Waals surface area (Å²) in [5.41, 5.74) is 0. The van der Waals surface area contributed by atoms with Gasteiger partial charge in [0.1, 0.15) is 6.61 Å². The number of hydrogen-bond donors (Lipinski definition) is 2. The van der Waals surface area contributed by atoms with E-state index < -0.39 is 32.5 Å². The molecule has 0 rings (SSSR count). The van der Waals surface area contributed by atoms with E-state index in [1.54, 1.807) is 12.2 Å². The van der Waals surface area contributed by atoms with Crippen LogP contribution in [-0.2, 0) is 28.2 Å². The number of phosphoric ester groups is 1. The molecule has 0 bridgehead atoms. The van der Waals surface area contributed by atoms with E-state index in [2.05, 4.69) is 67.0 Å². The van der Waals surface area contributed by atoms with Crippen molar-refractivity contribution in [3.05, 3.63) is 72.9 Å². The van der Waals surface area contributed by atoms with Gasteiger partial charge in [0.15, 0.2) is 6.10 Å². The Morgan fingerprint density at radius 1 is 0.625 bits per heavy atom. The molecule has 8 nitrogen and oxygen atoms in total. The molecule has 0 aromatic rings. The lowest BCUT2D eigenvalue weighted by Crippen LogP contribution is -2.29. The second kappa shape index (κ2) is 34.4. The lowest BCUT2D eigenvalue weighted by molar-refractivity contribution is -0.159. The van der Waals surface area contributed by atoms with Gasteiger partial charge < -0.3 is 19.3 Å². The summed E-state index contributed by atoms with van der Waals surface area (Å²) in [7, 11) is -4.78. The van der Waals surface area contributed by atoms with Crippen molar-refractivity contribution in [1.82, 2.24) is 0 Å². The minimum Gasteiger partial charge on any atom is -0.458 e. The topological polar surface area (TPSA) is 119 Å². The zero-order chi connectivity index (χ0) is 35.4. The molecule has 1 atom stereocenters.